The molecule has 12 heavy (non-hydrogen) atoms. The van der Waals surface area contributed by atoms with Gasteiger partial charge >= 0.3 is 0 Å². The zero-order chi connectivity index (χ0) is 8.39. The lowest BCUT2D eigenvalue weighted by Gasteiger charge is -2.31. The summed E-state index contributed by atoms with van der Waals surface area (Å²) in [6, 6.07) is 0.935. The van der Waals surface area contributed by atoms with E-state index in [-0.39, 0.29) is 0 Å². The molecule has 2 aliphatic rings. The summed E-state index contributed by atoms with van der Waals surface area (Å²) >= 11 is 0. The molecule has 1 saturated heterocycles. The fourth-order valence-corrected chi connectivity index (χ4v) is 2.06. The summed E-state index contributed by atoms with van der Waals surface area (Å²) in [5.74, 6) is 5.77. The van der Waals surface area contributed by atoms with Crippen LogP contribution in [0.15, 0.2) is 0 Å². The summed E-state index contributed by atoms with van der Waals surface area (Å²) in [5, 5.41) is 0. The third-order valence-corrected chi connectivity index (χ3v) is 3.04. The summed E-state index contributed by atoms with van der Waals surface area (Å²) < 4.78 is 0. The molecule has 0 bridgehead atoms. The molecule has 1 heterocycles. The maximum atomic E-state index is 5.05. The minimum absolute atomic E-state index is 0.713. The predicted octanol–water partition coefficient (Wildman–Crippen LogP) is 0.751. The highest BCUT2D eigenvalue weighted by Crippen LogP contribution is 2.30. The van der Waals surface area contributed by atoms with Gasteiger partial charge in [0.15, 0.2) is 0 Å². The second kappa shape index (κ2) is 3.73. The minimum atomic E-state index is 0.713. The van der Waals surface area contributed by atoms with Gasteiger partial charge < -0.3 is 9.74 Å². The number of likely N-dealkylation sites (tertiary alicyclic amines) is 1. The minimum Gasteiger partial charge on any atom is -0.304 e. The lowest BCUT2D eigenvalue weighted by molar-refractivity contribution is 0.0657. The van der Waals surface area contributed by atoms with E-state index in [1.807, 2.05) is 0 Å². The molecular formula is C9H18N2O. The van der Waals surface area contributed by atoms with Crippen molar-refractivity contribution in [2.75, 3.05) is 19.7 Å². The van der Waals surface area contributed by atoms with Gasteiger partial charge in [-0.3, -0.25) is 0 Å². The van der Waals surface area contributed by atoms with Crippen LogP contribution in [-0.2, 0) is 4.84 Å². The van der Waals surface area contributed by atoms with Gasteiger partial charge in [-0.1, -0.05) is 0 Å². The Balaban J connectivity index is 1.69. The molecule has 3 nitrogen and oxygen atoms in total. The smallest absolute Gasteiger partial charge is 0.0708 e. The van der Waals surface area contributed by atoms with Crippen LogP contribution in [0.4, 0.5) is 0 Å². The van der Waals surface area contributed by atoms with Crippen LogP contribution in [0.2, 0.25) is 0 Å². The highest BCUT2D eigenvalue weighted by Gasteiger charge is 2.31. The maximum Gasteiger partial charge on any atom is 0.0708 e. The van der Waals surface area contributed by atoms with Crippen molar-refractivity contribution < 1.29 is 4.84 Å². The molecule has 0 unspecified atom stereocenters. The molecule has 2 fully saturated rings. The average molecular weight is 170 g/mol. The Bertz CT molecular complexity index is 139. The van der Waals surface area contributed by atoms with Crippen LogP contribution >= 0.6 is 0 Å². The molecule has 1 aliphatic heterocycles. The van der Waals surface area contributed by atoms with Crippen molar-refractivity contribution >= 4 is 0 Å². The van der Waals surface area contributed by atoms with E-state index >= 15 is 0 Å². The summed E-state index contributed by atoms with van der Waals surface area (Å²) in [6.45, 7) is 3.27. The van der Waals surface area contributed by atoms with Gasteiger partial charge in [-0.25, -0.2) is 5.90 Å². The van der Waals surface area contributed by atoms with E-state index in [0.717, 1.165) is 12.6 Å². The molecule has 0 spiro atoms. The lowest BCUT2D eigenvalue weighted by Crippen LogP contribution is -2.36. The summed E-state index contributed by atoms with van der Waals surface area (Å²) in [5.41, 5.74) is 0. The van der Waals surface area contributed by atoms with Gasteiger partial charge in [0, 0.05) is 6.04 Å². The summed E-state index contributed by atoms with van der Waals surface area (Å²) in [6.07, 6.45) is 5.40. The molecule has 3 heteroatoms. The molecule has 1 saturated carbocycles. The highest BCUT2D eigenvalue weighted by molar-refractivity contribution is 4.87. The molecule has 0 amide bonds. The van der Waals surface area contributed by atoms with Gasteiger partial charge in [0.25, 0.3) is 0 Å². The first kappa shape index (κ1) is 8.48. The van der Waals surface area contributed by atoms with Crippen LogP contribution < -0.4 is 5.90 Å². The van der Waals surface area contributed by atoms with Gasteiger partial charge in [0.2, 0.25) is 0 Å². The van der Waals surface area contributed by atoms with Crippen molar-refractivity contribution in [3.63, 3.8) is 0 Å². The second-order valence-corrected chi connectivity index (χ2v) is 4.04. The Hall–Kier alpha value is -0.120. The Morgan fingerprint density at radius 3 is 2.33 bits per heavy atom. The van der Waals surface area contributed by atoms with Gasteiger partial charge in [-0.15, -0.1) is 0 Å². The monoisotopic (exact) mass is 170 g/mol. The van der Waals surface area contributed by atoms with Crippen LogP contribution in [0.5, 0.6) is 0 Å². The van der Waals surface area contributed by atoms with Crippen molar-refractivity contribution in [3.05, 3.63) is 0 Å². The van der Waals surface area contributed by atoms with Crippen molar-refractivity contribution in [2.24, 2.45) is 11.8 Å². The first-order valence-electron chi connectivity index (χ1n) is 4.96. The quantitative estimate of drug-likeness (QED) is 0.635. The Labute approximate surface area is 73.8 Å². The largest absolute Gasteiger partial charge is 0.304 e. The molecular weight excluding hydrogens is 152 g/mol. The number of nitrogens with zero attached hydrogens (tertiary/aromatic N) is 1. The van der Waals surface area contributed by atoms with Crippen LogP contribution in [-0.4, -0.2) is 30.6 Å². The van der Waals surface area contributed by atoms with Crippen molar-refractivity contribution in [3.8, 4) is 0 Å². The normalized spacial score (nSPS) is 27.8. The number of nitrogens with two attached hydrogens (primary N) is 1. The molecule has 0 atom stereocenters. The van der Waals surface area contributed by atoms with Crippen molar-refractivity contribution in [1.29, 1.82) is 0 Å². The van der Waals surface area contributed by atoms with Crippen LogP contribution in [0.3, 0.4) is 0 Å². The summed E-state index contributed by atoms with van der Waals surface area (Å²) in [7, 11) is 0. The fourth-order valence-electron chi connectivity index (χ4n) is 2.06. The van der Waals surface area contributed by atoms with Gasteiger partial charge in [0.05, 0.1) is 6.61 Å². The zero-order valence-corrected chi connectivity index (χ0v) is 7.54. The Kier molecular flexibility index (Phi) is 2.63. The maximum absolute atomic E-state index is 5.05. The number of hydrogen-bond donors (Lipinski definition) is 1. The Morgan fingerprint density at radius 2 is 1.83 bits per heavy atom. The highest BCUT2D eigenvalue weighted by atomic mass is 16.6. The molecule has 70 valence electrons. The standard InChI is InChI=1S/C9H18N2O/c10-12-7-8-3-5-11(6-4-8)9-1-2-9/h8-9H,1-7,10H2. The number of piperidine rings is 1. The molecule has 0 radical (unpaired) electrons. The first-order chi connectivity index (χ1) is 5.90. The second-order valence-electron chi connectivity index (χ2n) is 4.04. The summed E-state index contributed by atoms with van der Waals surface area (Å²) in [4.78, 5) is 7.29. The van der Waals surface area contributed by atoms with E-state index in [1.54, 1.807) is 0 Å². The Morgan fingerprint density at radius 1 is 1.17 bits per heavy atom. The number of hydrogen-bond acceptors (Lipinski definition) is 3. The number of rotatable bonds is 3. The van der Waals surface area contributed by atoms with Crippen LogP contribution in [0, 0.1) is 5.92 Å². The van der Waals surface area contributed by atoms with Crippen LogP contribution in [0.25, 0.3) is 0 Å². The zero-order valence-electron chi connectivity index (χ0n) is 7.54. The average Bonchev–Trinajstić information content (AvgIpc) is 2.89. The SMILES string of the molecule is NOCC1CCN(C2CC2)CC1. The lowest BCUT2D eigenvalue weighted by atomic mass is 9.98. The predicted molar refractivity (Wildman–Crippen MR) is 47.5 cm³/mol. The topological polar surface area (TPSA) is 38.5 Å². The molecule has 0 aromatic carbocycles. The molecule has 0 aromatic rings. The molecule has 1 aliphatic carbocycles. The fraction of sp³-hybridized carbons (Fsp3) is 1.00. The molecule has 0 aromatic heterocycles. The molecule has 2 N–H and O–H groups in total. The van der Waals surface area contributed by atoms with E-state index in [1.165, 1.54) is 38.8 Å². The van der Waals surface area contributed by atoms with Gasteiger partial charge in [0.1, 0.15) is 0 Å². The molecule has 2 rings (SSSR count). The third-order valence-electron chi connectivity index (χ3n) is 3.04. The van der Waals surface area contributed by atoms with E-state index in [0.29, 0.717) is 5.92 Å². The van der Waals surface area contributed by atoms with E-state index in [9.17, 15) is 0 Å². The third kappa shape index (κ3) is 1.97. The van der Waals surface area contributed by atoms with Crippen LogP contribution in [0.1, 0.15) is 25.7 Å². The van der Waals surface area contributed by atoms with Gasteiger partial charge in [-0.05, 0) is 44.7 Å². The first-order valence-corrected chi connectivity index (χ1v) is 4.96. The van der Waals surface area contributed by atoms with E-state index < -0.39 is 0 Å². The van der Waals surface area contributed by atoms with Crippen molar-refractivity contribution in [2.45, 2.75) is 31.7 Å². The van der Waals surface area contributed by atoms with E-state index in [4.69, 9.17) is 5.90 Å². The van der Waals surface area contributed by atoms with Crippen molar-refractivity contribution in [1.82, 2.24) is 4.90 Å². The van der Waals surface area contributed by atoms with E-state index in [2.05, 4.69) is 9.74 Å². The van der Waals surface area contributed by atoms with Gasteiger partial charge in [-0.2, -0.15) is 0 Å².